The smallest absolute Gasteiger partial charge is 0.329 e. The first kappa shape index (κ1) is 23.2. The number of benzene rings is 3. The van der Waals surface area contributed by atoms with Crippen molar-refractivity contribution in [2.45, 2.75) is 13.2 Å². The third-order valence-corrected chi connectivity index (χ3v) is 5.42. The third-order valence-electron chi connectivity index (χ3n) is 4.80. The van der Waals surface area contributed by atoms with Crippen LogP contribution in [0.1, 0.15) is 11.1 Å². The minimum atomic E-state index is -0.975. The number of nitro groups is 1. The van der Waals surface area contributed by atoms with E-state index in [1.54, 1.807) is 12.1 Å². The number of nitrogens with zero attached hydrogens (tertiary/aromatic N) is 2. The second-order valence-electron chi connectivity index (χ2n) is 7.19. The number of nitro benzene ring substituents is 1. The van der Waals surface area contributed by atoms with Crippen LogP contribution in [0.3, 0.4) is 0 Å². The molecule has 34 heavy (non-hydrogen) atoms. The van der Waals surface area contributed by atoms with Gasteiger partial charge < -0.3 is 14.8 Å². The van der Waals surface area contributed by atoms with Gasteiger partial charge in [-0.25, -0.2) is 0 Å². The zero-order valence-electron chi connectivity index (χ0n) is 17.8. The molecule has 0 aliphatic rings. The maximum absolute atomic E-state index is 14.4. The molecule has 9 heteroatoms. The number of halogens is 2. The van der Waals surface area contributed by atoms with Crippen LogP contribution in [0.2, 0.25) is 0 Å². The summed E-state index contributed by atoms with van der Waals surface area (Å²) in [7, 11) is 0. The fourth-order valence-electron chi connectivity index (χ4n) is 3.13. The Bertz CT molecular complexity index is 1290. The number of hydrogen-bond donors (Lipinski definition) is 1. The Balaban J connectivity index is 1.62. The average molecular weight is 524 g/mol. The molecule has 1 aromatic heterocycles. The van der Waals surface area contributed by atoms with Gasteiger partial charge in [-0.2, -0.15) is 9.37 Å². The lowest BCUT2D eigenvalue weighted by molar-refractivity contribution is -0.386. The van der Waals surface area contributed by atoms with E-state index in [4.69, 9.17) is 9.47 Å². The molecule has 0 spiro atoms. The quantitative estimate of drug-likeness (QED) is 0.192. The first-order valence-electron chi connectivity index (χ1n) is 10.2. The van der Waals surface area contributed by atoms with Crippen molar-refractivity contribution >= 4 is 33.0 Å². The molecular formula is C25H19BrFN3O4. The van der Waals surface area contributed by atoms with Crippen LogP contribution in [0, 0.1) is 15.9 Å². The molecule has 7 nitrogen and oxygen atoms in total. The van der Waals surface area contributed by atoms with Gasteiger partial charge in [0.1, 0.15) is 24.6 Å². The van der Waals surface area contributed by atoms with E-state index in [1.807, 2.05) is 60.7 Å². The van der Waals surface area contributed by atoms with Crippen molar-refractivity contribution < 1.29 is 18.8 Å². The van der Waals surface area contributed by atoms with Crippen molar-refractivity contribution in [2.75, 3.05) is 5.32 Å². The molecule has 172 valence electrons. The summed E-state index contributed by atoms with van der Waals surface area (Å²) in [4.78, 5) is 15.1. The molecule has 4 aromatic rings. The summed E-state index contributed by atoms with van der Waals surface area (Å²) in [5.74, 6) is -0.501. The monoisotopic (exact) mass is 523 g/mol. The number of rotatable bonds is 9. The number of hydrogen-bond acceptors (Lipinski definition) is 6. The lowest BCUT2D eigenvalue weighted by Gasteiger charge is -2.15. The van der Waals surface area contributed by atoms with Crippen LogP contribution in [-0.2, 0) is 13.2 Å². The summed E-state index contributed by atoms with van der Waals surface area (Å²) < 4.78 is 26.1. The highest BCUT2D eigenvalue weighted by atomic mass is 79.9. The maximum atomic E-state index is 14.4. The number of pyridine rings is 1. The number of aromatic nitrogens is 1. The molecule has 0 radical (unpaired) electrons. The molecule has 3 aromatic carbocycles. The molecule has 0 fully saturated rings. The van der Waals surface area contributed by atoms with Gasteiger partial charge in [0.15, 0.2) is 0 Å². The SMILES string of the molecule is O=[N+]([O-])c1c(Nc2ccc(OCc3ccccc3)nc2OCc2ccccc2)ccc(Br)c1F. The second kappa shape index (κ2) is 10.8. The minimum Gasteiger partial charge on any atom is -0.473 e. The van der Waals surface area contributed by atoms with E-state index in [9.17, 15) is 14.5 Å². The first-order chi connectivity index (χ1) is 16.5. The summed E-state index contributed by atoms with van der Waals surface area (Å²) >= 11 is 2.98. The highest BCUT2D eigenvalue weighted by Gasteiger charge is 2.24. The number of nitrogens with one attached hydrogen (secondary N) is 1. The van der Waals surface area contributed by atoms with Crippen molar-refractivity contribution in [1.29, 1.82) is 0 Å². The van der Waals surface area contributed by atoms with Gasteiger partial charge in [-0.05, 0) is 45.3 Å². The van der Waals surface area contributed by atoms with Gasteiger partial charge in [0, 0.05) is 6.07 Å². The van der Waals surface area contributed by atoms with Gasteiger partial charge in [0.2, 0.25) is 17.6 Å². The molecule has 0 aliphatic carbocycles. The third kappa shape index (κ3) is 5.68. The molecule has 0 unspecified atom stereocenters. The van der Waals surface area contributed by atoms with Crippen molar-refractivity contribution in [3.8, 4) is 11.8 Å². The van der Waals surface area contributed by atoms with E-state index in [0.717, 1.165) is 11.1 Å². The Morgan fingerprint density at radius 3 is 2.06 bits per heavy atom. The second-order valence-corrected chi connectivity index (χ2v) is 8.04. The van der Waals surface area contributed by atoms with Crippen LogP contribution in [0.25, 0.3) is 0 Å². The molecule has 0 amide bonds. The average Bonchev–Trinajstić information content (AvgIpc) is 2.86. The maximum Gasteiger partial charge on any atom is 0.329 e. The molecule has 1 heterocycles. The van der Waals surface area contributed by atoms with Gasteiger partial charge >= 0.3 is 5.69 Å². The van der Waals surface area contributed by atoms with Crippen molar-refractivity contribution in [3.63, 3.8) is 0 Å². The Morgan fingerprint density at radius 2 is 1.44 bits per heavy atom. The molecular weight excluding hydrogens is 505 g/mol. The van der Waals surface area contributed by atoms with E-state index < -0.39 is 16.4 Å². The van der Waals surface area contributed by atoms with Gasteiger partial charge in [-0.1, -0.05) is 60.7 Å². The van der Waals surface area contributed by atoms with Crippen molar-refractivity contribution in [3.05, 3.63) is 116 Å². The van der Waals surface area contributed by atoms with E-state index in [1.165, 1.54) is 12.1 Å². The number of anilines is 2. The van der Waals surface area contributed by atoms with Crippen LogP contribution in [0.5, 0.6) is 11.8 Å². The molecule has 4 rings (SSSR count). The fraction of sp³-hybridized carbons (Fsp3) is 0.0800. The van der Waals surface area contributed by atoms with Gasteiger partial charge in [0.25, 0.3) is 0 Å². The molecule has 1 N–H and O–H groups in total. The first-order valence-corrected chi connectivity index (χ1v) is 11.0. The largest absolute Gasteiger partial charge is 0.473 e. The Labute approximate surface area is 203 Å². The molecule has 0 atom stereocenters. The van der Waals surface area contributed by atoms with E-state index in [2.05, 4.69) is 26.2 Å². The zero-order chi connectivity index (χ0) is 23.9. The normalized spacial score (nSPS) is 10.5. The van der Waals surface area contributed by atoms with Crippen LogP contribution < -0.4 is 14.8 Å². The summed E-state index contributed by atoms with van der Waals surface area (Å²) in [5, 5.41) is 14.4. The molecule has 0 saturated carbocycles. The van der Waals surface area contributed by atoms with Gasteiger partial charge in [0.05, 0.1) is 9.40 Å². The Kier molecular flexibility index (Phi) is 7.34. The predicted molar refractivity (Wildman–Crippen MR) is 130 cm³/mol. The summed E-state index contributed by atoms with van der Waals surface area (Å²) in [5.41, 5.74) is 1.49. The summed E-state index contributed by atoms with van der Waals surface area (Å²) in [6.45, 7) is 0.517. The Hall–Kier alpha value is -3.98. The van der Waals surface area contributed by atoms with Crippen LogP contribution >= 0.6 is 15.9 Å². The van der Waals surface area contributed by atoms with Crippen molar-refractivity contribution in [1.82, 2.24) is 4.98 Å². The van der Waals surface area contributed by atoms with Crippen LogP contribution in [0.4, 0.5) is 21.5 Å². The topological polar surface area (TPSA) is 86.5 Å². The standard InChI is InChI=1S/C25H19BrFN3O4/c26-19-11-12-20(24(23(19)27)30(31)32)28-21-13-14-22(33-15-17-7-3-1-4-8-17)29-25(21)34-16-18-9-5-2-6-10-18/h1-14,28H,15-16H2. The zero-order valence-corrected chi connectivity index (χ0v) is 19.4. The lowest BCUT2D eigenvalue weighted by Crippen LogP contribution is -2.05. The fourth-order valence-corrected chi connectivity index (χ4v) is 3.45. The van der Waals surface area contributed by atoms with Crippen molar-refractivity contribution in [2.24, 2.45) is 0 Å². The minimum absolute atomic E-state index is 0.00640. The predicted octanol–water partition coefficient (Wildman–Crippen LogP) is 6.79. The van der Waals surface area contributed by atoms with E-state index >= 15 is 0 Å². The van der Waals surface area contributed by atoms with E-state index in [-0.39, 0.29) is 22.6 Å². The summed E-state index contributed by atoms with van der Waals surface area (Å²) in [6.07, 6.45) is 0. The van der Waals surface area contributed by atoms with Crippen LogP contribution in [0.15, 0.2) is 89.4 Å². The number of ether oxygens (including phenoxy) is 2. The lowest BCUT2D eigenvalue weighted by atomic mass is 10.2. The highest BCUT2D eigenvalue weighted by Crippen LogP contribution is 2.37. The Morgan fingerprint density at radius 1 is 0.853 bits per heavy atom. The van der Waals surface area contributed by atoms with Crippen LogP contribution in [-0.4, -0.2) is 9.91 Å². The molecule has 0 bridgehead atoms. The van der Waals surface area contributed by atoms with Gasteiger partial charge in [-0.3, -0.25) is 10.1 Å². The molecule has 0 aliphatic heterocycles. The van der Waals surface area contributed by atoms with Gasteiger partial charge in [-0.15, -0.1) is 0 Å². The molecule has 0 saturated heterocycles. The highest BCUT2D eigenvalue weighted by molar-refractivity contribution is 9.10. The van der Waals surface area contributed by atoms with E-state index in [0.29, 0.717) is 18.2 Å². The summed E-state index contributed by atoms with van der Waals surface area (Å²) in [6, 6.07) is 25.1.